The van der Waals surface area contributed by atoms with E-state index in [9.17, 15) is 4.79 Å². The molecule has 1 aliphatic heterocycles. The molecule has 0 saturated carbocycles. The summed E-state index contributed by atoms with van der Waals surface area (Å²) in [5.74, 6) is 0. The van der Waals surface area contributed by atoms with Crippen molar-refractivity contribution in [1.29, 1.82) is 0 Å². The van der Waals surface area contributed by atoms with Crippen LogP contribution in [-0.2, 0) is 4.74 Å². The van der Waals surface area contributed by atoms with Gasteiger partial charge in [0.05, 0.1) is 6.61 Å². The molecule has 0 amide bonds. The van der Waals surface area contributed by atoms with Gasteiger partial charge < -0.3 is 14.2 Å². The third-order valence-electron chi connectivity index (χ3n) is 3.67. The number of aryl methyl sites for hydroxylation is 1. The van der Waals surface area contributed by atoms with Crippen molar-refractivity contribution < 1.29 is 4.74 Å². The molecule has 0 aliphatic carbocycles. The number of ether oxygens (including phenoxy) is 1. The Labute approximate surface area is 108 Å². The molecule has 2 rings (SSSR count). The van der Waals surface area contributed by atoms with Crippen LogP contribution in [0.2, 0.25) is 0 Å². The molecule has 0 unspecified atom stereocenters. The highest BCUT2D eigenvalue weighted by molar-refractivity contribution is 5.09. The van der Waals surface area contributed by atoms with E-state index in [0.717, 1.165) is 44.6 Å². The molecule has 4 heteroatoms. The molecule has 1 fully saturated rings. The van der Waals surface area contributed by atoms with Crippen molar-refractivity contribution in [2.24, 2.45) is 0 Å². The van der Waals surface area contributed by atoms with Crippen LogP contribution in [0.5, 0.6) is 0 Å². The maximum Gasteiger partial charge on any atom is 0.251 e. The summed E-state index contributed by atoms with van der Waals surface area (Å²) in [5, 5.41) is 0. The van der Waals surface area contributed by atoms with Crippen LogP contribution in [0.25, 0.3) is 0 Å². The molecule has 1 aromatic rings. The highest BCUT2D eigenvalue weighted by Gasteiger charge is 2.20. The monoisotopic (exact) mass is 250 g/mol. The molecule has 0 spiro atoms. The Kier molecular flexibility index (Phi) is 4.55. The van der Waals surface area contributed by atoms with E-state index in [-0.39, 0.29) is 5.56 Å². The van der Waals surface area contributed by atoms with Gasteiger partial charge in [0.1, 0.15) is 0 Å². The lowest BCUT2D eigenvalue weighted by atomic mass is 10.0. The molecule has 0 atom stereocenters. The van der Waals surface area contributed by atoms with Crippen LogP contribution in [0.1, 0.15) is 24.4 Å². The van der Waals surface area contributed by atoms with Crippen LogP contribution in [0.3, 0.4) is 0 Å². The van der Waals surface area contributed by atoms with Crippen LogP contribution in [0.15, 0.2) is 23.1 Å². The zero-order chi connectivity index (χ0) is 13.0. The maximum atomic E-state index is 11.9. The Balaban J connectivity index is 1.95. The van der Waals surface area contributed by atoms with E-state index in [4.69, 9.17) is 4.74 Å². The first-order chi connectivity index (χ1) is 8.70. The van der Waals surface area contributed by atoms with Gasteiger partial charge in [0, 0.05) is 45.0 Å². The minimum Gasteiger partial charge on any atom is -0.383 e. The number of hydrogen-bond donors (Lipinski definition) is 0. The first kappa shape index (κ1) is 13.3. The predicted octanol–water partition coefficient (Wildman–Crippen LogP) is 1.44. The quantitative estimate of drug-likeness (QED) is 0.811. The summed E-state index contributed by atoms with van der Waals surface area (Å²) < 4.78 is 6.98. The molecule has 0 radical (unpaired) electrons. The van der Waals surface area contributed by atoms with Gasteiger partial charge in [-0.2, -0.15) is 0 Å². The summed E-state index contributed by atoms with van der Waals surface area (Å²) in [6.07, 6.45) is 4.03. The number of methoxy groups -OCH3 is 1. The van der Waals surface area contributed by atoms with Crippen molar-refractivity contribution in [3.63, 3.8) is 0 Å². The Morgan fingerprint density at radius 2 is 2.11 bits per heavy atom. The summed E-state index contributed by atoms with van der Waals surface area (Å²) in [7, 11) is 1.73. The first-order valence-electron chi connectivity index (χ1n) is 6.61. The van der Waals surface area contributed by atoms with E-state index in [0.29, 0.717) is 6.04 Å². The number of likely N-dealkylation sites (tertiary alicyclic amines) is 1. The molecule has 100 valence electrons. The number of nitrogens with zero attached hydrogens (tertiary/aromatic N) is 2. The molecule has 1 aliphatic rings. The highest BCUT2D eigenvalue weighted by Crippen LogP contribution is 2.20. The Bertz CT molecular complexity index is 434. The normalized spacial score (nSPS) is 18.1. The smallest absolute Gasteiger partial charge is 0.251 e. The molecular formula is C14H22N2O2. The predicted molar refractivity (Wildman–Crippen MR) is 72.0 cm³/mol. The fourth-order valence-corrected chi connectivity index (χ4v) is 2.53. The van der Waals surface area contributed by atoms with Crippen molar-refractivity contribution in [3.05, 3.63) is 34.2 Å². The summed E-state index contributed by atoms with van der Waals surface area (Å²) in [5.41, 5.74) is 1.17. The number of aromatic nitrogens is 1. The molecule has 2 heterocycles. The summed E-state index contributed by atoms with van der Waals surface area (Å²) >= 11 is 0. The van der Waals surface area contributed by atoms with Gasteiger partial charge in [0.2, 0.25) is 0 Å². The van der Waals surface area contributed by atoms with E-state index in [1.807, 2.05) is 23.8 Å². The van der Waals surface area contributed by atoms with E-state index in [2.05, 4.69) is 4.90 Å². The van der Waals surface area contributed by atoms with E-state index in [1.165, 1.54) is 0 Å². The molecule has 18 heavy (non-hydrogen) atoms. The standard InChI is InChI=1S/C14H22N2O2/c1-12-3-8-16(14(17)11-12)13-4-6-15(7-5-13)9-10-18-2/h3,8,11,13H,4-7,9-10H2,1-2H3. The van der Waals surface area contributed by atoms with Gasteiger partial charge in [0.25, 0.3) is 5.56 Å². The van der Waals surface area contributed by atoms with Gasteiger partial charge in [-0.05, 0) is 31.4 Å². The average Bonchev–Trinajstić information content (AvgIpc) is 2.37. The molecule has 4 nitrogen and oxygen atoms in total. The number of rotatable bonds is 4. The molecule has 1 saturated heterocycles. The van der Waals surface area contributed by atoms with Crippen molar-refractivity contribution in [2.75, 3.05) is 33.4 Å². The SMILES string of the molecule is COCCN1CCC(n2ccc(C)cc2=O)CC1. The van der Waals surface area contributed by atoms with Gasteiger partial charge in [0.15, 0.2) is 0 Å². The van der Waals surface area contributed by atoms with Crippen LogP contribution in [0.4, 0.5) is 0 Å². The second-order valence-corrected chi connectivity index (χ2v) is 5.02. The Morgan fingerprint density at radius 3 is 2.72 bits per heavy atom. The lowest BCUT2D eigenvalue weighted by Crippen LogP contribution is -2.38. The number of piperidine rings is 1. The van der Waals surface area contributed by atoms with Crippen molar-refractivity contribution in [1.82, 2.24) is 9.47 Å². The van der Waals surface area contributed by atoms with Gasteiger partial charge in [-0.3, -0.25) is 4.79 Å². The second-order valence-electron chi connectivity index (χ2n) is 5.02. The fourth-order valence-electron chi connectivity index (χ4n) is 2.53. The van der Waals surface area contributed by atoms with E-state index in [1.54, 1.807) is 13.2 Å². The second kappa shape index (κ2) is 6.16. The van der Waals surface area contributed by atoms with Crippen LogP contribution < -0.4 is 5.56 Å². The van der Waals surface area contributed by atoms with Crippen LogP contribution in [-0.4, -0.2) is 42.8 Å². The zero-order valence-electron chi connectivity index (χ0n) is 11.3. The Morgan fingerprint density at radius 1 is 1.39 bits per heavy atom. The highest BCUT2D eigenvalue weighted by atomic mass is 16.5. The van der Waals surface area contributed by atoms with Gasteiger partial charge in [-0.25, -0.2) is 0 Å². The lowest BCUT2D eigenvalue weighted by molar-refractivity contribution is 0.121. The van der Waals surface area contributed by atoms with Crippen molar-refractivity contribution in [3.8, 4) is 0 Å². The third kappa shape index (κ3) is 3.21. The molecule has 1 aromatic heterocycles. The van der Waals surface area contributed by atoms with E-state index < -0.39 is 0 Å². The largest absolute Gasteiger partial charge is 0.383 e. The fraction of sp³-hybridized carbons (Fsp3) is 0.643. The summed E-state index contributed by atoms with van der Waals surface area (Å²) in [6.45, 7) is 5.84. The average molecular weight is 250 g/mol. The lowest BCUT2D eigenvalue weighted by Gasteiger charge is -2.32. The van der Waals surface area contributed by atoms with Crippen LogP contribution >= 0.6 is 0 Å². The zero-order valence-corrected chi connectivity index (χ0v) is 11.3. The Hall–Kier alpha value is -1.13. The van der Waals surface area contributed by atoms with Crippen LogP contribution in [0, 0.1) is 6.92 Å². The minimum atomic E-state index is 0.130. The topological polar surface area (TPSA) is 34.5 Å². The molecular weight excluding hydrogens is 228 g/mol. The van der Waals surface area contributed by atoms with Gasteiger partial charge in [-0.1, -0.05) is 0 Å². The first-order valence-corrected chi connectivity index (χ1v) is 6.61. The maximum absolute atomic E-state index is 11.9. The number of pyridine rings is 1. The van der Waals surface area contributed by atoms with Gasteiger partial charge >= 0.3 is 0 Å². The van der Waals surface area contributed by atoms with Crippen molar-refractivity contribution >= 4 is 0 Å². The molecule has 0 aromatic carbocycles. The summed E-state index contributed by atoms with van der Waals surface area (Å²) in [4.78, 5) is 14.3. The minimum absolute atomic E-state index is 0.130. The van der Waals surface area contributed by atoms with Crippen molar-refractivity contribution in [2.45, 2.75) is 25.8 Å². The number of hydrogen-bond acceptors (Lipinski definition) is 3. The third-order valence-corrected chi connectivity index (χ3v) is 3.67. The van der Waals surface area contributed by atoms with E-state index >= 15 is 0 Å². The summed E-state index contributed by atoms with van der Waals surface area (Å²) in [6, 6.07) is 4.09. The molecule has 0 N–H and O–H groups in total. The van der Waals surface area contributed by atoms with Gasteiger partial charge in [-0.15, -0.1) is 0 Å². The molecule has 0 bridgehead atoms.